The number of nitrogens with zero attached hydrogens (tertiary/aromatic N) is 1. The summed E-state index contributed by atoms with van der Waals surface area (Å²) in [7, 11) is 0. The Morgan fingerprint density at radius 3 is 3.08 bits per heavy atom. The first-order valence-corrected chi connectivity index (χ1v) is 4.42. The predicted molar refractivity (Wildman–Crippen MR) is 48.7 cm³/mol. The lowest BCUT2D eigenvalue weighted by atomic mass is 10.3. The maximum atomic E-state index is 11.5. The topological polar surface area (TPSA) is 61.5 Å². The van der Waals surface area contributed by atoms with Crippen molar-refractivity contribution in [2.24, 2.45) is 0 Å². The van der Waals surface area contributed by atoms with Gasteiger partial charge in [-0.1, -0.05) is 0 Å². The first-order valence-electron chi connectivity index (χ1n) is 4.42. The number of hydrogen-bond donors (Lipinski definition) is 2. The van der Waals surface area contributed by atoms with Crippen molar-refractivity contribution < 1.29 is 0 Å². The summed E-state index contributed by atoms with van der Waals surface area (Å²) in [5.41, 5.74) is 0.666. The zero-order valence-electron chi connectivity index (χ0n) is 7.00. The monoisotopic (exact) mass is 175 g/mol. The van der Waals surface area contributed by atoms with E-state index >= 15 is 0 Å². The van der Waals surface area contributed by atoms with Crippen LogP contribution in [0.5, 0.6) is 0 Å². The largest absolute Gasteiger partial charge is 0.346 e. The molecule has 66 valence electrons. The van der Waals surface area contributed by atoms with Gasteiger partial charge in [0.05, 0.1) is 5.39 Å². The molecule has 2 heterocycles. The Kier molecular flexibility index (Phi) is 1.17. The van der Waals surface area contributed by atoms with Gasteiger partial charge in [-0.3, -0.25) is 4.79 Å². The van der Waals surface area contributed by atoms with Gasteiger partial charge in [0.25, 0.3) is 5.56 Å². The highest BCUT2D eigenvalue weighted by atomic mass is 16.1. The van der Waals surface area contributed by atoms with E-state index in [1.165, 1.54) is 0 Å². The summed E-state index contributed by atoms with van der Waals surface area (Å²) in [4.78, 5) is 21.6. The highest BCUT2D eigenvalue weighted by molar-refractivity contribution is 5.73. The SMILES string of the molecule is O=c1[nH]c(C2CC2)nc2[nH]ccc12. The Morgan fingerprint density at radius 1 is 1.46 bits per heavy atom. The van der Waals surface area contributed by atoms with Crippen LogP contribution in [-0.2, 0) is 0 Å². The summed E-state index contributed by atoms with van der Waals surface area (Å²) < 4.78 is 0. The minimum absolute atomic E-state index is 0.0341. The van der Waals surface area contributed by atoms with Crippen molar-refractivity contribution >= 4 is 11.0 Å². The lowest BCUT2D eigenvalue weighted by Crippen LogP contribution is -2.10. The number of aromatic amines is 2. The summed E-state index contributed by atoms with van der Waals surface area (Å²) in [6.45, 7) is 0. The van der Waals surface area contributed by atoms with Gasteiger partial charge in [0.2, 0.25) is 0 Å². The molecule has 0 radical (unpaired) electrons. The molecule has 0 atom stereocenters. The molecule has 0 amide bonds. The molecule has 2 N–H and O–H groups in total. The van der Waals surface area contributed by atoms with E-state index in [9.17, 15) is 4.79 Å². The molecular weight excluding hydrogens is 166 g/mol. The molecule has 4 heteroatoms. The van der Waals surface area contributed by atoms with Crippen molar-refractivity contribution in [3.63, 3.8) is 0 Å². The maximum absolute atomic E-state index is 11.5. The summed E-state index contributed by atoms with van der Waals surface area (Å²) in [5.74, 6) is 1.32. The Bertz CT molecular complexity index is 507. The minimum atomic E-state index is -0.0341. The zero-order chi connectivity index (χ0) is 8.84. The van der Waals surface area contributed by atoms with Crippen LogP contribution in [0.3, 0.4) is 0 Å². The van der Waals surface area contributed by atoms with Gasteiger partial charge in [-0.2, -0.15) is 0 Å². The van der Waals surface area contributed by atoms with Crippen LogP contribution in [0.1, 0.15) is 24.6 Å². The minimum Gasteiger partial charge on any atom is -0.346 e. The lowest BCUT2D eigenvalue weighted by Gasteiger charge is -1.96. The second-order valence-electron chi connectivity index (χ2n) is 3.47. The van der Waals surface area contributed by atoms with Gasteiger partial charge >= 0.3 is 0 Å². The molecule has 1 fully saturated rings. The van der Waals surface area contributed by atoms with Crippen LogP contribution in [0.15, 0.2) is 17.1 Å². The van der Waals surface area contributed by atoms with Gasteiger partial charge < -0.3 is 9.97 Å². The highest BCUT2D eigenvalue weighted by Crippen LogP contribution is 2.37. The van der Waals surface area contributed by atoms with Crippen molar-refractivity contribution in [2.45, 2.75) is 18.8 Å². The molecule has 1 aliphatic carbocycles. The Morgan fingerprint density at radius 2 is 2.31 bits per heavy atom. The molecule has 0 spiro atoms. The molecule has 13 heavy (non-hydrogen) atoms. The highest BCUT2D eigenvalue weighted by Gasteiger charge is 2.26. The number of hydrogen-bond acceptors (Lipinski definition) is 2. The molecule has 0 saturated heterocycles. The van der Waals surface area contributed by atoms with Crippen LogP contribution < -0.4 is 5.56 Å². The van der Waals surface area contributed by atoms with Crippen LogP contribution in [0.25, 0.3) is 11.0 Å². The maximum Gasteiger partial charge on any atom is 0.260 e. The number of rotatable bonds is 1. The lowest BCUT2D eigenvalue weighted by molar-refractivity contribution is 0.927. The van der Waals surface area contributed by atoms with E-state index in [-0.39, 0.29) is 5.56 Å². The van der Waals surface area contributed by atoms with Crippen LogP contribution >= 0.6 is 0 Å². The smallest absolute Gasteiger partial charge is 0.260 e. The van der Waals surface area contributed by atoms with E-state index in [1.807, 2.05) is 0 Å². The van der Waals surface area contributed by atoms with Crippen LogP contribution in [0.4, 0.5) is 0 Å². The van der Waals surface area contributed by atoms with Crippen molar-refractivity contribution in [1.29, 1.82) is 0 Å². The quantitative estimate of drug-likeness (QED) is 0.682. The molecule has 4 nitrogen and oxygen atoms in total. The fourth-order valence-electron chi connectivity index (χ4n) is 1.52. The van der Waals surface area contributed by atoms with Crippen molar-refractivity contribution in [3.05, 3.63) is 28.4 Å². The number of fused-ring (bicyclic) bond motifs is 1. The fourth-order valence-corrected chi connectivity index (χ4v) is 1.52. The summed E-state index contributed by atoms with van der Waals surface area (Å²) in [6, 6.07) is 1.75. The van der Waals surface area contributed by atoms with Crippen LogP contribution in [0, 0.1) is 0 Å². The Balaban J connectivity index is 2.33. The van der Waals surface area contributed by atoms with E-state index < -0.39 is 0 Å². The molecule has 1 saturated carbocycles. The molecule has 1 aliphatic rings. The van der Waals surface area contributed by atoms with E-state index in [0.717, 1.165) is 18.7 Å². The molecule has 0 unspecified atom stereocenters. The normalized spacial score (nSPS) is 16.6. The Hall–Kier alpha value is -1.58. The first-order chi connectivity index (χ1) is 6.34. The second-order valence-corrected chi connectivity index (χ2v) is 3.47. The molecular formula is C9H9N3O. The van der Waals surface area contributed by atoms with Gasteiger partial charge in [0.1, 0.15) is 11.5 Å². The van der Waals surface area contributed by atoms with Gasteiger partial charge in [-0.05, 0) is 18.9 Å². The third-order valence-corrected chi connectivity index (χ3v) is 2.41. The summed E-state index contributed by atoms with van der Waals surface area (Å²) >= 11 is 0. The van der Waals surface area contributed by atoms with E-state index in [4.69, 9.17) is 0 Å². The fraction of sp³-hybridized carbons (Fsp3) is 0.333. The Labute approximate surface area is 74.0 Å². The van der Waals surface area contributed by atoms with Gasteiger partial charge in [-0.15, -0.1) is 0 Å². The van der Waals surface area contributed by atoms with Gasteiger partial charge in [0.15, 0.2) is 0 Å². The number of aromatic nitrogens is 3. The predicted octanol–water partition coefficient (Wildman–Crippen LogP) is 1.13. The zero-order valence-corrected chi connectivity index (χ0v) is 7.00. The third-order valence-electron chi connectivity index (χ3n) is 2.41. The molecule has 0 aromatic carbocycles. The van der Waals surface area contributed by atoms with Crippen molar-refractivity contribution in [3.8, 4) is 0 Å². The van der Waals surface area contributed by atoms with E-state index in [0.29, 0.717) is 17.0 Å². The molecule has 2 aromatic rings. The molecule has 2 aromatic heterocycles. The van der Waals surface area contributed by atoms with Crippen LogP contribution in [-0.4, -0.2) is 15.0 Å². The standard InChI is InChI=1S/C9H9N3O/c13-9-6-3-4-10-8(6)11-7(12-9)5-1-2-5/h3-5H,1-2H2,(H2,10,11,12,13). The van der Waals surface area contributed by atoms with Crippen molar-refractivity contribution in [2.75, 3.05) is 0 Å². The molecule has 0 aliphatic heterocycles. The molecule has 0 bridgehead atoms. The van der Waals surface area contributed by atoms with E-state index in [1.54, 1.807) is 12.3 Å². The number of H-pyrrole nitrogens is 2. The third kappa shape index (κ3) is 0.983. The molecule has 3 rings (SSSR count). The second kappa shape index (κ2) is 2.22. The average Bonchev–Trinajstić information content (AvgIpc) is 2.85. The number of nitrogens with one attached hydrogen (secondary N) is 2. The summed E-state index contributed by atoms with van der Waals surface area (Å²) in [5, 5.41) is 0.643. The van der Waals surface area contributed by atoms with Gasteiger partial charge in [-0.25, -0.2) is 4.98 Å². The first kappa shape index (κ1) is 6.88. The summed E-state index contributed by atoms with van der Waals surface area (Å²) in [6.07, 6.45) is 4.04. The average molecular weight is 175 g/mol. The van der Waals surface area contributed by atoms with E-state index in [2.05, 4.69) is 15.0 Å². The van der Waals surface area contributed by atoms with Gasteiger partial charge in [0, 0.05) is 12.1 Å². The van der Waals surface area contributed by atoms with Crippen LogP contribution in [0.2, 0.25) is 0 Å². The van der Waals surface area contributed by atoms with Crippen molar-refractivity contribution in [1.82, 2.24) is 15.0 Å².